The Morgan fingerprint density at radius 2 is 1.90 bits per heavy atom. The molecule has 120 valence electrons. The molecule has 0 amide bonds. The van der Waals surface area contributed by atoms with E-state index in [1.807, 2.05) is 24.3 Å². The summed E-state index contributed by atoms with van der Waals surface area (Å²) in [6, 6.07) is 8.45. The Morgan fingerprint density at radius 1 is 1.19 bits per heavy atom. The van der Waals surface area contributed by atoms with Crippen LogP contribution in [-0.2, 0) is 0 Å². The highest BCUT2D eigenvalue weighted by Crippen LogP contribution is 2.17. The smallest absolute Gasteiger partial charge is 0.119 e. The van der Waals surface area contributed by atoms with Gasteiger partial charge in [-0.05, 0) is 50.2 Å². The zero-order valence-electron chi connectivity index (χ0n) is 13.0. The third-order valence-corrected chi connectivity index (χ3v) is 3.77. The molecule has 0 bridgehead atoms. The molecule has 0 aliphatic carbocycles. The second-order valence-electron chi connectivity index (χ2n) is 5.21. The topological polar surface area (TPSA) is 33.7 Å². The first-order chi connectivity index (χ1) is 9.83. The molecule has 2 rings (SSSR count). The number of hydrogen-bond acceptors (Lipinski definition) is 4. The Balaban J connectivity index is 0.00000220. The minimum absolute atomic E-state index is 0. The molecule has 0 aromatic heterocycles. The lowest BCUT2D eigenvalue weighted by atomic mass is 10.2. The Kier molecular flexibility index (Phi) is 8.50. The fourth-order valence-corrected chi connectivity index (χ4v) is 2.67. The van der Waals surface area contributed by atoms with Gasteiger partial charge in [0.15, 0.2) is 0 Å². The predicted octanol–water partition coefficient (Wildman–Crippen LogP) is 2.57. The molecular formula is C16H27ClN2O2. The fraction of sp³-hybridized carbons (Fsp3) is 0.625. The second kappa shape index (κ2) is 9.87. The molecule has 1 aromatic carbocycles. The van der Waals surface area contributed by atoms with E-state index in [2.05, 4.69) is 17.1 Å². The summed E-state index contributed by atoms with van der Waals surface area (Å²) in [5.74, 6) is 1.77. The van der Waals surface area contributed by atoms with E-state index in [1.165, 1.54) is 12.8 Å². The van der Waals surface area contributed by atoms with Gasteiger partial charge in [-0.25, -0.2) is 0 Å². The van der Waals surface area contributed by atoms with Gasteiger partial charge in [0.05, 0.1) is 7.11 Å². The van der Waals surface area contributed by atoms with Gasteiger partial charge in [-0.15, -0.1) is 12.4 Å². The summed E-state index contributed by atoms with van der Waals surface area (Å²) >= 11 is 0. The van der Waals surface area contributed by atoms with Gasteiger partial charge in [-0.2, -0.15) is 0 Å². The number of benzene rings is 1. The fourth-order valence-electron chi connectivity index (χ4n) is 2.67. The van der Waals surface area contributed by atoms with Crippen molar-refractivity contribution in [3.63, 3.8) is 0 Å². The standard InChI is InChI=1S/C16H26N2O2.ClH/c1-3-10-18(14-8-9-17-13-14)11-12-20-16-6-4-15(19-2)5-7-16;/h4-7,14,17H,3,8-13H2,1-2H3;1H. The van der Waals surface area contributed by atoms with Crippen LogP contribution >= 0.6 is 12.4 Å². The van der Waals surface area contributed by atoms with E-state index in [-0.39, 0.29) is 12.4 Å². The Morgan fingerprint density at radius 3 is 2.48 bits per heavy atom. The molecule has 1 aromatic rings. The molecule has 1 fully saturated rings. The molecule has 1 aliphatic rings. The summed E-state index contributed by atoms with van der Waals surface area (Å²) < 4.78 is 11.0. The largest absolute Gasteiger partial charge is 0.497 e. The molecule has 1 aliphatic heterocycles. The maximum atomic E-state index is 5.82. The van der Waals surface area contributed by atoms with Crippen molar-refractivity contribution < 1.29 is 9.47 Å². The Bertz CT molecular complexity index is 380. The molecular weight excluding hydrogens is 288 g/mol. The number of ether oxygens (including phenoxy) is 2. The first-order valence-electron chi connectivity index (χ1n) is 7.55. The van der Waals surface area contributed by atoms with E-state index < -0.39 is 0 Å². The van der Waals surface area contributed by atoms with E-state index in [0.29, 0.717) is 6.04 Å². The molecule has 1 heterocycles. The molecule has 5 heteroatoms. The van der Waals surface area contributed by atoms with Gasteiger partial charge in [0.2, 0.25) is 0 Å². The molecule has 1 N–H and O–H groups in total. The van der Waals surface area contributed by atoms with Crippen LogP contribution in [-0.4, -0.2) is 50.8 Å². The van der Waals surface area contributed by atoms with Crippen molar-refractivity contribution in [3.05, 3.63) is 24.3 Å². The number of methoxy groups -OCH3 is 1. The van der Waals surface area contributed by atoms with Crippen molar-refractivity contribution in [1.29, 1.82) is 0 Å². The summed E-state index contributed by atoms with van der Waals surface area (Å²) in [6.07, 6.45) is 2.45. The van der Waals surface area contributed by atoms with E-state index in [4.69, 9.17) is 9.47 Å². The molecule has 0 spiro atoms. The lowest BCUT2D eigenvalue weighted by molar-refractivity contribution is 0.167. The predicted molar refractivity (Wildman–Crippen MR) is 88.9 cm³/mol. The second-order valence-corrected chi connectivity index (χ2v) is 5.21. The van der Waals surface area contributed by atoms with E-state index >= 15 is 0 Å². The molecule has 1 saturated heterocycles. The Hall–Kier alpha value is -0.970. The van der Waals surface area contributed by atoms with Crippen LogP contribution < -0.4 is 14.8 Å². The molecule has 0 saturated carbocycles. The summed E-state index contributed by atoms with van der Waals surface area (Å²) in [4.78, 5) is 2.55. The maximum absolute atomic E-state index is 5.82. The van der Waals surface area contributed by atoms with Gasteiger partial charge in [0, 0.05) is 19.1 Å². The zero-order chi connectivity index (χ0) is 14.2. The lowest BCUT2D eigenvalue weighted by Gasteiger charge is -2.27. The van der Waals surface area contributed by atoms with E-state index in [9.17, 15) is 0 Å². The van der Waals surface area contributed by atoms with Crippen molar-refractivity contribution in [3.8, 4) is 11.5 Å². The Labute approximate surface area is 134 Å². The quantitative estimate of drug-likeness (QED) is 0.799. The SMILES string of the molecule is CCCN(CCOc1ccc(OC)cc1)C1CCNC1.Cl. The van der Waals surface area contributed by atoms with Gasteiger partial charge in [-0.3, -0.25) is 4.90 Å². The van der Waals surface area contributed by atoms with Crippen molar-refractivity contribution in [2.45, 2.75) is 25.8 Å². The van der Waals surface area contributed by atoms with Crippen LogP contribution in [0.25, 0.3) is 0 Å². The highest BCUT2D eigenvalue weighted by atomic mass is 35.5. The maximum Gasteiger partial charge on any atom is 0.119 e. The first kappa shape index (κ1) is 18.1. The molecule has 4 nitrogen and oxygen atoms in total. The summed E-state index contributed by atoms with van der Waals surface area (Å²) in [5, 5.41) is 3.44. The molecule has 0 radical (unpaired) electrons. The number of nitrogens with zero attached hydrogens (tertiary/aromatic N) is 1. The molecule has 1 unspecified atom stereocenters. The van der Waals surface area contributed by atoms with E-state index in [1.54, 1.807) is 7.11 Å². The highest BCUT2D eigenvalue weighted by Gasteiger charge is 2.21. The third kappa shape index (κ3) is 5.73. The van der Waals surface area contributed by atoms with Gasteiger partial charge < -0.3 is 14.8 Å². The number of nitrogens with one attached hydrogen (secondary N) is 1. The van der Waals surface area contributed by atoms with Crippen LogP contribution in [0, 0.1) is 0 Å². The first-order valence-corrected chi connectivity index (χ1v) is 7.55. The third-order valence-electron chi connectivity index (χ3n) is 3.77. The number of halogens is 1. The minimum Gasteiger partial charge on any atom is -0.497 e. The average molecular weight is 315 g/mol. The van der Waals surface area contributed by atoms with Gasteiger partial charge >= 0.3 is 0 Å². The molecule has 21 heavy (non-hydrogen) atoms. The minimum atomic E-state index is 0. The highest BCUT2D eigenvalue weighted by molar-refractivity contribution is 5.85. The van der Waals surface area contributed by atoms with Crippen LogP contribution in [0.15, 0.2) is 24.3 Å². The van der Waals surface area contributed by atoms with Crippen LogP contribution in [0.1, 0.15) is 19.8 Å². The van der Waals surface area contributed by atoms with Crippen molar-refractivity contribution in [2.75, 3.05) is 39.9 Å². The van der Waals surface area contributed by atoms with Crippen molar-refractivity contribution in [1.82, 2.24) is 10.2 Å². The van der Waals surface area contributed by atoms with Crippen molar-refractivity contribution >= 4 is 12.4 Å². The van der Waals surface area contributed by atoms with Crippen molar-refractivity contribution in [2.24, 2.45) is 0 Å². The van der Waals surface area contributed by atoms with Crippen LogP contribution in [0.3, 0.4) is 0 Å². The number of rotatable bonds is 8. The van der Waals surface area contributed by atoms with Gasteiger partial charge in [0.25, 0.3) is 0 Å². The van der Waals surface area contributed by atoms with Gasteiger partial charge in [0.1, 0.15) is 18.1 Å². The normalized spacial score (nSPS) is 17.6. The van der Waals surface area contributed by atoms with Gasteiger partial charge in [-0.1, -0.05) is 6.92 Å². The molecule has 1 atom stereocenters. The van der Waals surface area contributed by atoms with E-state index in [0.717, 1.165) is 44.3 Å². The summed E-state index contributed by atoms with van der Waals surface area (Å²) in [6.45, 7) is 7.37. The average Bonchev–Trinajstić information content (AvgIpc) is 3.01. The van der Waals surface area contributed by atoms with Crippen LogP contribution in [0.5, 0.6) is 11.5 Å². The summed E-state index contributed by atoms with van der Waals surface area (Å²) in [5.41, 5.74) is 0. The lowest BCUT2D eigenvalue weighted by Crippen LogP contribution is -2.40. The van der Waals surface area contributed by atoms with Crippen LogP contribution in [0.2, 0.25) is 0 Å². The van der Waals surface area contributed by atoms with Crippen LogP contribution in [0.4, 0.5) is 0 Å². The zero-order valence-corrected chi connectivity index (χ0v) is 13.8. The summed E-state index contributed by atoms with van der Waals surface area (Å²) in [7, 11) is 1.67. The monoisotopic (exact) mass is 314 g/mol. The number of hydrogen-bond donors (Lipinski definition) is 1.